The predicted molar refractivity (Wildman–Crippen MR) is 77.8 cm³/mol. The smallest absolute Gasteiger partial charge is 0.0415 e. The van der Waals surface area contributed by atoms with E-state index in [1.54, 1.807) is 0 Å². The minimum absolute atomic E-state index is 0.874. The zero-order chi connectivity index (χ0) is 12.6. The minimum atomic E-state index is 0.874. The molecule has 2 nitrogen and oxygen atoms in total. The number of H-pyrrole nitrogens is 1. The largest absolute Gasteiger partial charge is 0.381 e. The molecule has 0 bridgehead atoms. The average molecular weight is 242 g/mol. The van der Waals surface area contributed by atoms with Crippen molar-refractivity contribution in [1.82, 2.24) is 4.98 Å². The van der Waals surface area contributed by atoms with E-state index in [9.17, 15) is 0 Å². The first-order valence-electron chi connectivity index (χ1n) is 6.83. The van der Waals surface area contributed by atoms with Gasteiger partial charge < -0.3 is 10.3 Å². The van der Waals surface area contributed by atoms with Gasteiger partial charge in [0.1, 0.15) is 0 Å². The van der Waals surface area contributed by atoms with Gasteiger partial charge in [-0.1, -0.05) is 31.9 Å². The summed E-state index contributed by atoms with van der Waals surface area (Å²) in [5, 5.41) is 3.42. The fraction of sp³-hybridized carbons (Fsp3) is 0.375. The molecular formula is C16H22N2. The molecule has 2 heteroatoms. The lowest BCUT2D eigenvalue weighted by Crippen LogP contribution is -1.98. The van der Waals surface area contributed by atoms with Gasteiger partial charge in [0.15, 0.2) is 0 Å². The van der Waals surface area contributed by atoms with Gasteiger partial charge in [-0.25, -0.2) is 0 Å². The topological polar surface area (TPSA) is 27.8 Å². The fourth-order valence-corrected chi connectivity index (χ4v) is 2.04. The molecule has 2 rings (SSSR count). The van der Waals surface area contributed by atoms with E-state index in [1.807, 2.05) is 12.4 Å². The van der Waals surface area contributed by atoms with Gasteiger partial charge in [-0.3, -0.25) is 0 Å². The summed E-state index contributed by atoms with van der Waals surface area (Å²) in [4.78, 5) is 3.06. The number of hydrogen-bond acceptors (Lipinski definition) is 1. The maximum atomic E-state index is 3.42. The summed E-state index contributed by atoms with van der Waals surface area (Å²) in [5.41, 5.74) is 3.91. The molecule has 0 amide bonds. The monoisotopic (exact) mass is 242 g/mol. The van der Waals surface area contributed by atoms with Crippen LogP contribution in [0.15, 0.2) is 42.7 Å². The van der Waals surface area contributed by atoms with Crippen LogP contribution < -0.4 is 5.32 Å². The summed E-state index contributed by atoms with van der Waals surface area (Å²) in [5.74, 6) is 0. The molecule has 0 radical (unpaired) electrons. The van der Waals surface area contributed by atoms with Crippen LogP contribution in [0.3, 0.4) is 0 Å². The van der Waals surface area contributed by atoms with Crippen molar-refractivity contribution in [3.05, 3.63) is 53.9 Å². The van der Waals surface area contributed by atoms with Gasteiger partial charge in [-0.15, -0.1) is 0 Å². The summed E-state index contributed by atoms with van der Waals surface area (Å²) >= 11 is 0. The lowest BCUT2D eigenvalue weighted by molar-refractivity contribution is 0.717. The van der Waals surface area contributed by atoms with E-state index >= 15 is 0 Å². The molecule has 0 fully saturated rings. The first-order valence-corrected chi connectivity index (χ1v) is 6.83. The van der Waals surface area contributed by atoms with Crippen LogP contribution in [0.25, 0.3) is 0 Å². The van der Waals surface area contributed by atoms with Crippen molar-refractivity contribution < 1.29 is 0 Å². The fourth-order valence-electron chi connectivity index (χ4n) is 2.04. The Morgan fingerprint density at radius 2 is 1.83 bits per heavy atom. The van der Waals surface area contributed by atoms with Gasteiger partial charge in [0.2, 0.25) is 0 Å². The van der Waals surface area contributed by atoms with Crippen molar-refractivity contribution in [3.63, 3.8) is 0 Å². The molecule has 1 heterocycles. The van der Waals surface area contributed by atoms with Gasteiger partial charge in [-0.05, 0) is 42.2 Å². The number of hydrogen-bond donors (Lipinski definition) is 2. The molecule has 2 N–H and O–H groups in total. The van der Waals surface area contributed by atoms with Crippen molar-refractivity contribution in [2.75, 3.05) is 5.32 Å². The standard InChI is InChI=1S/C16H22N2/c1-2-3-4-5-14-6-8-16(9-7-14)18-13-15-10-11-17-12-15/h6-12,17-18H,2-5,13H2,1H3. The number of rotatable bonds is 7. The Hall–Kier alpha value is -1.70. The second-order valence-electron chi connectivity index (χ2n) is 4.73. The summed E-state index contributed by atoms with van der Waals surface area (Å²) in [6.07, 6.45) is 9.09. The first kappa shape index (κ1) is 12.7. The maximum Gasteiger partial charge on any atom is 0.0415 e. The van der Waals surface area contributed by atoms with E-state index in [-0.39, 0.29) is 0 Å². The molecule has 18 heavy (non-hydrogen) atoms. The highest BCUT2D eigenvalue weighted by Gasteiger charge is 1.96. The third-order valence-electron chi connectivity index (χ3n) is 3.18. The molecule has 0 aliphatic carbocycles. The van der Waals surface area contributed by atoms with Gasteiger partial charge in [-0.2, -0.15) is 0 Å². The zero-order valence-corrected chi connectivity index (χ0v) is 11.1. The highest BCUT2D eigenvalue weighted by atomic mass is 14.9. The summed E-state index contributed by atoms with van der Waals surface area (Å²) in [6, 6.07) is 10.9. The molecule has 1 aromatic heterocycles. The highest BCUT2D eigenvalue weighted by Crippen LogP contribution is 2.13. The number of benzene rings is 1. The summed E-state index contributed by atoms with van der Waals surface area (Å²) < 4.78 is 0. The van der Waals surface area contributed by atoms with Crippen LogP contribution in [-0.2, 0) is 13.0 Å². The molecule has 1 aromatic carbocycles. The van der Waals surface area contributed by atoms with Crippen LogP contribution in [-0.4, -0.2) is 4.98 Å². The van der Waals surface area contributed by atoms with Crippen LogP contribution in [0, 0.1) is 0 Å². The molecule has 96 valence electrons. The van der Waals surface area contributed by atoms with Crippen LogP contribution in [0.5, 0.6) is 0 Å². The SMILES string of the molecule is CCCCCc1ccc(NCc2cc[nH]c2)cc1. The third-order valence-corrected chi connectivity index (χ3v) is 3.18. The Balaban J connectivity index is 1.80. The molecule has 0 unspecified atom stereocenters. The van der Waals surface area contributed by atoms with Gasteiger partial charge in [0, 0.05) is 24.6 Å². The Morgan fingerprint density at radius 1 is 1.00 bits per heavy atom. The van der Waals surface area contributed by atoms with E-state index in [0.717, 1.165) is 6.54 Å². The molecule has 0 spiro atoms. The van der Waals surface area contributed by atoms with Crippen molar-refractivity contribution in [3.8, 4) is 0 Å². The van der Waals surface area contributed by atoms with E-state index in [0.29, 0.717) is 0 Å². The van der Waals surface area contributed by atoms with Crippen molar-refractivity contribution in [1.29, 1.82) is 0 Å². The minimum Gasteiger partial charge on any atom is -0.381 e. The van der Waals surface area contributed by atoms with Crippen LogP contribution in [0.2, 0.25) is 0 Å². The predicted octanol–water partition coefficient (Wildman–Crippen LogP) is 4.36. The average Bonchev–Trinajstić information content (AvgIpc) is 2.91. The van der Waals surface area contributed by atoms with Gasteiger partial charge in [0.25, 0.3) is 0 Å². The van der Waals surface area contributed by atoms with Crippen molar-refractivity contribution >= 4 is 5.69 Å². The molecule has 0 aliphatic rings. The van der Waals surface area contributed by atoms with Crippen molar-refractivity contribution in [2.24, 2.45) is 0 Å². The Kier molecular flexibility index (Phi) is 4.88. The third kappa shape index (κ3) is 3.95. The number of aryl methyl sites for hydroxylation is 1. The zero-order valence-electron chi connectivity index (χ0n) is 11.1. The first-order chi connectivity index (χ1) is 8.88. The van der Waals surface area contributed by atoms with E-state index in [1.165, 1.54) is 42.5 Å². The normalized spacial score (nSPS) is 10.5. The Labute approximate surface area is 109 Å². The quantitative estimate of drug-likeness (QED) is 0.694. The number of nitrogens with one attached hydrogen (secondary N) is 2. The number of unbranched alkanes of at least 4 members (excludes halogenated alkanes) is 2. The van der Waals surface area contributed by atoms with Crippen LogP contribution in [0.4, 0.5) is 5.69 Å². The Morgan fingerprint density at radius 3 is 2.50 bits per heavy atom. The van der Waals surface area contributed by atoms with E-state index < -0.39 is 0 Å². The van der Waals surface area contributed by atoms with Gasteiger partial charge in [0.05, 0.1) is 0 Å². The maximum absolute atomic E-state index is 3.42. The molecule has 0 saturated heterocycles. The van der Waals surface area contributed by atoms with Crippen LogP contribution >= 0.6 is 0 Å². The second kappa shape index (κ2) is 6.90. The highest BCUT2D eigenvalue weighted by molar-refractivity contribution is 5.45. The lowest BCUT2D eigenvalue weighted by Gasteiger charge is -2.06. The molecule has 0 aliphatic heterocycles. The van der Waals surface area contributed by atoms with E-state index in [2.05, 4.69) is 47.6 Å². The van der Waals surface area contributed by atoms with Crippen molar-refractivity contribution in [2.45, 2.75) is 39.2 Å². The lowest BCUT2D eigenvalue weighted by atomic mass is 10.1. The molecule has 0 saturated carbocycles. The summed E-state index contributed by atoms with van der Waals surface area (Å²) in [6.45, 7) is 3.12. The molecule has 2 aromatic rings. The van der Waals surface area contributed by atoms with E-state index in [4.69, 9.17) is 0 Å². The number of aromatic amines is 1. The molecular weight excluding hydrogens is 220 g/mol. The number of anilines is 1. The number of aromatic nitrogens is 1. The van der Waals surface area contributed by atoms with Crippen LogP contribution in [0.1, 0.15) is 37.3 Å². The molecule has 0 atom stereocenters. The Bertz CT molecular complexity index is 429. The van der Waals surface area contributed by atoms with Gasteiger partial charge >= 0.3 is 0 Å². The second-order valence-corrected chi connectivity index (χ2v) is 4.73. The summed E-state index contributed by atoms with van der Waals surface area (Å²) in [7, 11) is 0.